The van der Waals surface area contributed by atoms with Crippen LogP contribution >= 0.6 is 11.5 Å². The van der Waals surface area contributed by atoms with Crippen LogP contribution in [0.1, 0.15) is 31.7 Å². The van der Waals surface area contributed by atoms with Gasteiger partial charge < -0.3 is 9.80 Å². The quantitative estimate of drug-likeness (QED) is 0.839. The molecule has 0 bridgehead atoms. The van der Waals surface area contributed by atoms with E-state index in [-0.39, 0.29) is 17.6 Å². The topological polar surface area (TPSA) is 49.3 Å². The van der Waals surface area contributed by atoms with E-state index in [1.165, 1.54) is 23.7 Å². The standard InChI is InChI=1S/C18H23FN4OS/c1-13(2)17(24)22-8-3-9-23(11-10-22)18-20-16(21-25-18)12-14-4-6-15(19)7-5-14/h4-7,13H,3,8-12H2,1-2H3. The van der Waals surface area contributed by atoms with E-state index < -0.39 is 0 Å². The fourth-order valence-corrected chi connectivity index (χ4v) is 3.66. The number of carbonyl (C=O) groups excluding carboxylic acids is 1. The Labute approximate surface area is 151 Å². The van der Waals surface area contributed by atoms with Crippen molar-refractivity contribution in [3.63, 3.8) is 0 Å². The van der Waals surface area contributed by atoms with Crippen LogP contribution in [-0.4, -0.2) is 46.3 Å². The number of hydrogen-bond acceptors (Lipinski definition) is 5. The molecule has 1 saturated heterocycles. The minimum Gasteiger partial charge on any atom is -0.345 e. The maximum Gasteiger partial charge on any atom is 0.225 e. The number of anilines is 1. The van der Waals surface area contributed by atoms with Gasteiger partial charge in [-0.15, -0.1) is 0 Å². The molecule has 3 rings (SSSR count). The van der Waals surface area contributed by atoms with Gasteiger partial charge in [0.05, 0.1) is 0 Å². The summed E-state index contributed by atoms with van der Waals surface area (Å²) in [5.41, 5.74) is 0.996. The summed E-state index contributed by atoms with van der Waals surface area (Å²) < 4.78 is 17.4. The largest absolute Gasteiger partial charge is 0.345 e. The molecule has 0 saturated carbocycles. The number of nitrogens with zero attached hydrogens (tertiary/aromatic N) is 4. The number of carbonyl (C=O) groups is 1. The lowest BCUT2D eigenvalue weighted by Crippen LogP contribution is -2.37. The predicted molar refractivity (Wildman–Crippen MR) is 97.4 cm³/mol. The highest BCUT2D eigenvalue weighted by atomic mass is 32.1. The number of benzene rings is 1. The van der Waals surface area contributed by atoms with E-state index in [0.717, 1.165) is 49.1 Å². The van der Waals surface area contributed by atoms with Crippen LogP contribution in [0.25, 0.3) is 0 Å². The van der Waals surface area contributed by atoms with E-state index in [4.69, 9.17) is 0 Å². The molecule has 0 atom stereocenters. The van der Waals surface area contributed by atoms with Crippen molar-refractivity contribution < 1.29 is 9.18 Å². The third-order valence-electron chi connectivity index (χ3n) is 4.30. The highest BCUT2D eigenvalue weighted by Crippen LogP contribution is 2.21. The maximum atomic E-state index is 13.0. The van der Waals surface area contributed by atoms with Crippen LogP contribution in [0.4, 0.5) is 9.52 Å². The van der Waals surface area contributed by atoms with E-state index in [2.05, 4.69) is 14.3 Å². The van der Waals surface area contributed by atoms with E-state index in [1.54, 1.807) is 12.1 Å². The van der Waals surface area contributed by atoms with Gasteiger partial charge in [0.1, 0.15) is 11.6 Å². The van der Waals surface area contributed by atoms with Gasteiger partial charge in [-0.05, 0) is 24.1 Å². The Hall–Kier alpha value is -2.02. The van der Waals surface area contributed by atoms with Crippen molar-refractivity contribution >= 4 is 22.6 Å². The smallest absolute Gasteiger partial charge is 0.225 e. The third-order valence-corrected chi connectivity index (χ3v) is 5.12. The zero-order valence-corrected chi connectivity index (χ0v) is 15.4. The van der Waals surface area contributed by atoms with Gasteiger partial charge in [-0.25, -0.2) is 9.37 Å². The number of hydrogen-bond donors (Lipinski definition) is 0. The summed E-state index contributed by atoms with van der Waals surface area (Å²) in [5, 5.41) is 0.899. The van der Waals surface area contributed by atoms with Gasteiger partial charge in [-0.3, -0.25) is 4.79 Å². The highest BCUT2D eigenvalue weighted by Gasteiger charge is 2.22. The molecule has 1 aliphatic heterocycles. The molecule has 1 amide bonds. The molecular weight excluding hydrogens is 339 g/mol. The van der Waals surface area contributed by atoms with Crippen molar-refractivity contribution in [1.29, 1.82) is 0 Å². The molecule has 25 heavy (non-hydrogen) atoms. The van der Waals surface area contributed by atoms with Crippen molar-refractivity contribution in [3.05, 3.63) is 41.5 Å². The Morgan fingerprint density at radius 2 is 1.96 bits per heavy atom. The van der Waals surface area contributed by atoms with Gasteiger partial charge in [-0.1, -0.05) is 26.0 Å². The fraction of sp³-hybridized carbons (Fsp3) is 0.500. The summed E-state index contributed by atoms with van der Waals surface area (Å²) in [5.74, 6) is 0.776. The molecular formula is C18H23FN4OS. The molecule has 2 heterocycles. The molecule has 1 aromatic carbocycles. The first kappa shape index (κ1) is 17.8. The molecule has 5 nitrogen and oxygen atoms in total. The molecule has 0 unspecified atom stereocenters. The molecule has 0 aliphatic carbocycles. The van der Waals surface area contributed by atoms with E-state index in [1.807, 2.05) is 18.7 Å². The maximum absolute atomic E-state index is 13.0. The molecule has 1 aromatic heterocycles. The minimum absolute atomic E-state index is 0.0374. The van der Waals surface area contributed by atoms with Crippen molar-refractivity contribution in [2.45, 2.75) is 26.7 Å². The molecule has 1 fully saturated rings. The summed E-state index contributed by atoms with van der Waals surface area (Å²) in [7, 11) is 0. The summed E-state index contributed by atoms with van der Waals surface area (Å²) in [6.07, 6.45) is 1.54. The third kappa shape index (κ3) is 4.54. The monoisotopic (exact) mass is 362 g/mol. The first-order chi connectivity index (χ1) is 12.0. The van der Waals surface area contributed by atoms with Crippen molar-refractivity contribution in [2.24, 2.45) is 5.92 Å². The van der Waals surface area contributed by atoms with Crippen molar-refractivity contribution in [3.8, 4) is 0 Å². The lowest BCUT2D eigenvalue weighted by molar-refractivity contribution is -0.134. The first-order valence-corrected chi connectivity index (χ1v) is 9.41. The highest BCUT2D eigenvalue weighted by molar-refractivity contribution is 7.09. The van der Waals surface area contributed by atoms with Gasteiger partial charge in [-0.2, -0.15) is 4.37 Å². The van der Waals surface area contributed by atoms with Gasteiger partial charge in [0, 0.05) is 50.1 Å². The van der Waals surface area contributed by atoms with Crippen LogP contribution in [-0.2, 0) is 11.2 Å². The average Bonchev–Trinajstić information content (AvgIpc) is 2.91. The lowest BCUT2D eigenvalue weighted by atomic mass is 10.1. The second-order valence-corrected chi connectivity index (χ2v) is 7.35. The second-order valence-electron chi connectivity index (χ2n) is 6.62. The van der Waals surface area contributed by atoms with Crippen LogP contribution in [0.5, 0.6) is 0 Å². The van der Waals surface area contributed by atoms with Crippen molar-refractivity contribution in [1.82, 2.24) is 14.3 Å². The number of aromatic nitrogens is 2. The van der Waals surface area contributed by atoms with Crippen LogP contribution in [0.3, 0.4) is 0 Å². The Kier molecular flexibility index (Phi) is 5.63. The van der Waals surface area contributed by atoms with E-state index >= 15 is 0 Å². The summed E-state index contributed by atoms with van der Waals surface area (Å²) >= 11 is 1.39. The molecule has 1 aliphatic rings. The van der Waals surface area contributed by atoms with Crippen LogP contribution in [0, 0.1) is 11.7 Å². The fourth-order valence-electron chi connectivity index (χ4n) is 2.92. The molecule has 0 radical (unpaired) electrons. The van der Waals surface area contributed by atoms with E-state index in [0.29, 0.717) is 6.42 Å². The van der Waals surface area contributed by atoms with Gasteiger partial charge >= 0.3 is 0 Å². The molecule has 134 valence electrons. The minimum atomic E-state index is -0.235. The van der Waals surface area contributed by atoms with Crippen LogP contribution in [0.15, 0.2) is 24.3 Å². The number of amides is 1. The SMILES string of the molecule is CC(C)C(=O)N1CCCN(c2nc(Cc3ccc(F)cc3)ns2)CC1. The zero-order chi connectivity index (χ0) is 17.8. The van der Waals surface area contributed by atoms with E-state index in [9.17, 15) is 9.18 Å². The number of rotatable bonds is 4. The molecule has 7 heteroatoms. The van der Waals surface area contributed by atoms with Gasteiger partial charge in [0.2, 0.25) is 11.0 Å². The zero-order valence-electron chi connectivity index (χ0n) is 14.6. The molecule has 0 spiro atoms. The second kappa shape index (κ2) is 7.91. The number of halogens is 1. The van der Waals surface area contributed by atoms with Crippen LogP contribution < -0.4 is 4.90 Å². The van der Waals surface area contributed by atoms with Gasteiger partial charge in [0.25, 0.3) is 0 Å². The Balaban J connectivity index is 1.62. The molecule has 2 aromatic rings. The summed E-state index contributed by atoms with van der Waals surface area (Å²) in [6, 6.07) is 6.43. The predicted octanol–water partition coefficient (Wildman–Crippen LogP) is 2.96. The average molecular weight is 362 g/mol. The lowest BCUT2D eigenvalue weighted by Gasteiger charge is -2.23. The normalized spacial score (nSPS) is 15.5. The Morgan fingerprint density at radius 3 is 2.68 bits per heavy atom. The summed E-state index contributed by atoms with van der Waals surface area (Å²) in [4.78, 5) is 21.0. The molecule has 0 N–H and O–H groups in total. The summed E-state index contributed by atoms with van der Waals surface area (Å²) in [6.45, 7) is 7.07. The van der Waals surface area contributed by atoms with Crippen molar-refractivity contribution in [2.75, 3.05) is 31.1 Å². The van der Waals surface area contributed by atoms with Crippen LogP contribution in [0.2, 0.25) is 0 Å². The Bertz CT molecular complexity index is 716. The van der Waals surface area contributed by atoms with Gasteiger partial charge in [0.15, 0.2) is 0 Å². The Morgan fingerprint density at radius 1 is 1.20 bits per heavy atom. The first-order valence-electron chi connectivity index (χ1n) is 8.63.